The lowest BCUT2D eigenvalue weighted by atomic mass is 9.91. The van der Waals surface area contributed by atoms with E-state index in [1.807, 2.05) is 0 Å². The number of aryl methyl sites for hydroxylation is 1. The number of benzene rings is 1. The zero-order chi connectivity index (χ0) is 12.8. The Labute approximate surface area is 110 Å². The number of nitrogens with two attached hydrogens (primary N) is 1. The molecule has 0 radical (unpaired) electrons. The fourth-order valence-corrected chi connectivity index (χ4v) is 2.66. The molecule has 1 aliphatic carbocycles. The van der Waals surface area contributed by atoms with Crippen LogP contribution in [0.1, 0.15) is 56.2 Å². The van der Waals surface area contributed by atoms with E-state index in [-0.39, 0.29) is 6.04 Å². The summed E-state index contributed by atoms with van der Waals surface area (Å²) in [6.45, 7) is 2.19. The van der Waals surface area contributed by atoms with Crippen molar-refractivity contribution in [3.05, 3.63) is 47.0 Å². The maximum absolute atomic E-state index is 5.74. The summed E-state index contributed by atoms with van der Waals surface area (Å²) in [5.74, 6) is 5.74. The first-order valence-corrected chi connectivity index (χ1v) is 7.06. The molecular weight excluding hydrogens is 220 g/mol. The zero-order valence-electron chi connectivity index (χ0n) is 11.3. The van der Waals surface area contributed by atoms with E-state index < -0.39 is 0 Å². The number of allylic oxidation sites excluding steroid dienone is 1. The molecule has 0 spiro atoms. The molecule has 0 aromatic heterocycles. The maximum atomic E-state index is 5.74. The molecule has 1 aliphatic rings. The summed E-state index contributed by atoms with van der Waals surface area (Å²) in [6, 6.07) is 9.01. The smallest absolute Gasteiger partial charge is 0.0497 e. The molecule has 0 heterocycles. The first kappa shape index (κ1) is 13.3. The Morgan fingerprint density at radius 2 is 2.22 bits per heavy atom. The molecule has 1 atom stereocenters. The molecule has 1 unspecified atom stereocenters. The van der Waals surface area contributed by atoms with Crippen molar-refractivity contribution in [1.82, 2.24) is 5.43 Å². The molecule has 3 N–H and O–H groups in total. The predicted octanol–water partition coefficient (Wildman–Crippen LogP) is 3.64. The Kier molecular flexibility index (Phi) is 4.97. The lowest BCUT2D eigenvalue weighted by Crippen LogP contribution is -2.28. The number of hydrogen-bond acceptors (Lipinski definition) is 2. The highest BCUT2D eigenvalue weighted by Crippen LogP contribution is 2.27. The maximum Gasteiger partial charge on any atom is 0.0497 e. The van der Waals surface area contributed by atoms with Crippen molar-refractivity contribution in [2.45, 2.75) is 51.5 Å². The van der Waals surface area contributed by atoms with Gasteiger partial charge in [-0.1, -0.05) is 42.8 Å². The second-order valence-electron chi connectivity index (χ2n) is 5.13. The SMILES string of the molecule is CCc1cccc(C(CC2=CCCCC2)NN)c1. The predicted molar refractivity (Wildman–Crippen MR) is 77.1 cm³/mol. The van der Waals surface area contributed by atoms with Gasteiger partial charge in [-0.3, -0.25) is 11.3 Å². The van der Waals surface area contributed by atoms with Gasteiger partial charge in [0.25, 0.3) is 0 Å². The number of rotatable bonds is 5. The van der Waals surface area contributed by atoms with Crippen molar-refractivity contribution >= 4 is 0 Å². The van der Waals surface area contributed by atoms with Gasteiger partial charge in [-0.2, -0.15) is 0 Å². The van der Waals surface area contributed by atoms with Crippen LogP contribution in [0.4, 0.5) is 0 Å². The summed E-state index contributed by atoms with van der Waals surface area (Å²) in [5.41, 5.74) is 7.23. The van der Waals surface area contributed by atoms with Crippen molar-refractivity contribution in [3.8, 4) is 0 Å². The van der Waals surface area contributed by atoms with Crippen LogP contribution in [0, 0.1) is 0 Å². The van der Waals surface area contributed by atoms with Crippen molar-refractivity contribution in [2.75, 3.05) is 0 Å². The highest BCUT2D eigenvalue weighted by Gasteiger charge is 2.13. The van der Waals surface area contributed by atoms with Gasteiger partial charge < -0.3 is 0 Å². The first-order chi connectivity index (χ1) is 8.83. The molecule has 98 valence electrons. The third-order valence-corrected chi connectivity index (χ3v) is 3.81. The van der Waals surface area contributed by atoms with Gasteiger partial charge in [0.2, 0.25) is 0 Å². The quantitative estimate of drug-likeness (QED) is 0.471. The van der Waals surface area contributed by atoms with Gasteiger partial charge in [0.05, 0.1) is 0 Å². The minimum atomic E-state index is 0.251. The molecule has 0 bridgehead atoms. The summed E-state index contributed by atoms with van der Waals surface area (Å²) in [7, 11) is 0. The van der Waals surface area contributed by atoms with Crippen LogP contribution in [0.2, 0.25) is 0 Å². The van der Waals surface area contributed by atoms with Crippen molar-refractivity contribution < 1.29 is 0 Å². The van der Waals surface area contributed by atoms with Gasteiger partial charge >= 0.3 is 0 Å². The Balaban J connectivity index is 2.09. The average Bonchev–Trinajstić information content (AvgIpc) is 2.46. The van der Waals surface area contributed by atoms with E-state index in [4.69, 9.17) is 5.84 Å². The van der Waals surface area contributed by atoms with Gasteiger partial charge in [0.15, 0.2) is 0 Å². The number of hydrogen-bond donors (Lipinski definition) is 2. The summed E-state index contributed by atoms with van der Waals surface area (Å²) in [6.07, 6.45) is 9.68. The lowest BCUT2D eigenvalue weighted by Gasteiger charge is -2.21. The largest absolute Gasteiger partial charge is 0.271 e. The van der Waals surface area contributed by atoms with Crippen molar-refractivity contribution in [3.63, 3.8) is 0 Å². The van der Waals surface area contributed by atoms with Crippen LogP contribution in [0.5, 0.6) is 0 Å². The minimum absolute atomic E-state index is 0.251. The van der Waals surface area contributed by atoms with Crippen LogP contribution < -0.4 is 11.3 Å². The number of hydrazine groups is 1. The van der Waals surface area contributed by atoms with E-state index in [0.29, 0.717) is 0 Å². The molecule has 2 heteroatoms. The molecule has 0 aliphatic heterocycles. The summed E-state index contributed by atoms with van der Waals surface area (Å²) in [4.78, 5) is 0. The van der Waals surface area contributed by atoms with Gasteiger partial charge in [-0.25, -0.2) is 0 Å². The molecule has 1 aromatic rings. The standard InChI is InChI=1S/C16H24N2/c1-2-13-9-6-10-15(11-13)16(18-17)12-14-7-4-3-5-8-14/h6-7,9-11,16,18H,2-5,8,12,17H2,1H3. The van der Waals surface area contributed by atoms with Gasteiger partial charge in [0.1, 0.15) is 0 Å². The Hall–Kier alpha value is -1.12. The van der Waals surface area contributed by atoms with Crippen LogP contribution in [0.3, 0.4) is 0 Å². The van der Waals surface area contributed by atoms with E-state index in [1.165, 1.54) is 36.8 Å². The molecule has 0 saturated carbocycles. The molecular formula is C16H24N2. The van der Waals surface area contributed by atoms with Crippen LogP contribution >= 0.6 is 0 Å². The highest BCUT2D eigenvalue weighted by atomic mass is 15.2. The van der Waals surface area contributed by atoms with Gasteiger partial charge in [0, 0.05) is 6.04 Å². The molecule has 0 amide bonds. The third-order valence-electron chi connectivity index (χ3n) is 3.81. The van der Waals surface area contributed by atoms with Crippen molar-refractivity contribution in [2.24, 2.45) is 5.84 Å². The van der Waals surface area contributed by atoms with Gasteiger partial charge in [-0.05, 0) is 49.7 Å². The van der Waals surface area contributed by atoms with E-state index >= 15 is 0 Å². The lowest BCUT2D eigenvalue weighted by molar-refractivity contribution is 0.528. The summed E-state index contributed by atoms with van der Waals surface area (Å²) < 4.78 is 0. The molecule has 0 saturated heterocycles. The van der Waals surface area contributed by atoms with E-state index in [9.17, 15) is 0 Å². The van der Waals surface area contributed by atoms with E-state index in [0.717, 1.165) is 12.8 Å². The molecule has 18 heavy (non-hydrogen) atoms. The van der Waals surface area contributed by atoms with Crippen LogP contribution in [-0.2, 0) is 6.42 Å². The summed E-state index contributed by atoms with van der Waals surface area (Å²) >= 11 is 0. The second-order valence-corrected chi connectivity index (χ2v) is 5.13. The van der Waals surface area contributed by atoms with E-state index in [2.05, 4.69) is 42.7 Å². The summed E-state index contributed by atoms with van der Waals surface area (Å²) in [5, 5.41) is 0. The molecule has 1 aromatic carbocycles. The molecule has 2 rings (SSSR count). The van der Waals surface area contributed by atoms with E-state index in [1.54, 1.807) is 5.57 Å². The first-order valence-electron chi connectivity index (χ1n) is 7.06. The Morgan fingerprint density at radius 3 is 2.89 bits per heavy atom. The zero-order valence-corrected chi connectivity index (χ0v) is 11.3. The van der Waals surface area contributed by atoms with Crippen LogP contribution in [-0.4, -0.2) is 0 Å². The Bertz CT molecular complexity index is 409. The Morgan fingerprint density at radius 1 is 1.33 bits per heavy atom. The number of nitrogens with one attached hydrogen (secondary N) is 1. The third kappa shape index (κ3) is 3.44. The highest BCUT2D eigenvalue weighted by molar-refractivity contribution is 5.27. The fourth-order valence-electron chi connectivity index (χ4n) is 2.66. The average molecular weight is 244 g/mol. The fraction of sp³-hybridized carbons (Fsp3) is 0.500. The van der Waals surface area contributed by atoms with Crippen molar-refractivity contribution in [1.29, 1.82) is 0 Å². The van der Waals surface area contributed by atoms with Crippen LogP contribution in [0.15, 0.2) is 35.9 Å². The second kappa shape index (κ2) is 6.72. The van der Waals surface area contributed by atoms with Crippen LogP contribution in [0.25, 0.3) is 0 Å². The normalized spacial score (nSPS) is 17.3. The topological polar surface area (TPSA) is 38.0 Å². The monoisotopic (exact) mass is 244 g/mol. The van der Waals surface area contributed by atoms with Gasteiger partial charge in [-0.15, -0.1) is 0 Å². The molecule has 2 nitrogen and oxygen atoms in total. The minimum Gasteiger partial charge on any atom is -0.271 e. The molecule has 0 fully saturated rings.